The second-order valence-corrected chi connectivity index (χ2v) is 18.1. The number of aryl methyl sites for hydroxylation is 2. The molecule has 1 heterocycles. The summed E-state index contributed by atoms with van der Waals surface area (Å²) in [5, 5.41) is 9.58. The predicted molar refractivity (Wildman–Crippen MR) is 253 cm³/mol. The monoisotopic (exact) mass is 960 g/mol. The van der Waals surface area contributed by atoms with Crippen LogP contribution >= 0.6 is 15.9 Å². The molecular weight excluding hydrogens is 892 g/mol. The molecular formula is C51H69BrN4O9. The Kier molecular flexibility index (Phi) is 21.2. The van der Waals surface area contributed by atoms with E-state index in [1.807, 2.05) is 18.2 Å². The molecule has 3 aromatic rings. The van der Waals surface area contributed by atoms with Gasteiger partial charge in [0.2, 0.25) is 17.7 Å². The molecule has 3 aliphatic rings. The number of ether oxygens (including phenoxy) is 6. The molecule has 3 aliphatic carbocycles. The van der Waals surface area contributed by atoms with Gasteiger partial charge in [0.05, 0.1) is 70.9 Å². The van der Waals surface area contributed by atoms with Gasteiger partial charge in [-0.3, -0.25) is 14.4 Å². The highest BCUT2D eigenvalue weighted by atomic mass is 79.9. The van der Waals surface area contributed by atoms with Gasteiger partial charge in [-0.25, -0.2) is 4.98 Å². The molecule has 14 heteroatoms. The lowest BCUT2D eigenvalue weighted by Crippen LogP contribution is -2.55. The quantitative estimate of drug-likeness (QED) is 0.0559. The fraction of sp³-hybridized carbons (Fsp3) is 0.569. The Labute approximate surface area is 393 Å². The van der Waals surface area contributed by atoms with Gasteiger partial charge in [0.15, 0.2) is 5.78 Å². The van der Waals surface area contributed by atoms with Gasteiger partial charge in [-0.1, -0.05) is 55.7 Å². The van der Waals surface area contributed by atoms with Gasteiger partial charge in [-0.2, -0.15) is 0 Å². The number of carbonyl (C=O) groups is 3. The number of hydrogen-bond acceptors (Lipinski definition) is 11. The second-order valence-electron chi connectivity index (χ2n) is 17.1. The molecule has 13 nitrogen and oxygen atoms in total. The van der Waals surface area contributed by atoms with Gasteiger partial charge in [-0.05, 0) is 127 Å². The Bertz CT molecular complexity index is 1940. The maximum Gasteiger partial charge on any atom is 0.241 e. The number of hydrogen-bond donors (Lipinski definition) is 3. The van der Waals surface area contributed by atoms with Crippen molar-refractivity contribution in [1.29, 1.82) is 0 Å². The van der Waals surface area contributed by atoms with Crippen LogP contribution in [0.15, 0.2) is 77.9 Å². The van der Waals surface area contributed by atoms with Crippen molar-refractivity contribution in [2.75, 3.05) is 73.1 Å². The third-order valence-corrected chi connectivity index (χ3v) is 13.3. The summed E-state index contributed by atoms with van der Waals surface area (Å²) in [7, 11) is 1.71. The van der Waals surface area contributed by atoms with Crippen LogP contribution in [0.2, 0.25) is 0 Å². The molecule has 0 bridgehead atoms. The third-order valence-electron chi connectivity index (χ3n) is 12.8. The number of rotatable bonds is 26. The molecule has 0 saturated heterocycles. The first-order chi connectivity index (χ1) is 31.8. The number of likely N-dealkylation sites (N-methyl/N-ethyl adjacent to an activating group) is 1. The number of carbonyl (C=O) groups excluding carboxylic acids is 3. The van der Waals surface area contributed by atoms with Crippen molar-refractivity contribution in [3.8, 4) is 11.6 Å². The number of amides is 2. The predicted octanol–water partition coefficient (Wildman–Crippen LogP) is 7.08. The zero-order valence-electron chi connectivity index (χ0n) is 38.1. The van der Waals surface area contributed by atoms with Crippen molar-refractivity contribution < 1.29 is 42.8 Å². The van der Waals surface area contributed by atoms with E-state index in [4.69, 9.17) is 28.4 Å². The number of aromatic nitrogens is 1. The normalized spacial score (nSPS) is 19.6. The molecule has 2 aromatic carbocycles. The topological polar surface area (TPSA) is 156 Å². The molecule has 3 N–H and O–H groups in total. The summed E-state index contributed by atoms with van der Waals surface area (Å²) in [6.45, 7) is 8.25. The Hall–Kier alpha value is -4.18. The fourth-order valence-corrected chi connectivity index (χ4v) is 9.60. The number of Topliss-reactive ketones (excluding diaryl/α,β-unsaturated/α-hetero) is 1. The lowest BCUT2D eigenvalue weighted by Gasteiger charge is -2.37. The van der Waals surface area contributed by atoms with E-state index in [1.165, 1.54) is 5.56 Å². The van der Waals surface area contributed by atoms with E-state index in [-0.39, 0.29) is 29.6 Å². The van der Waals surface area contributed by atoms with Crippen molar-refractivity contribution in [3.05, 3.63) is 100 Å². The number of benzene rings is 2. The van der Waals surface area contributed by atoms with E-state index in [0.717, 1.165) is 91.1 Å². The molecule has 1 aromatic heterocycles. The minimum Gasteiger partial charge on any atom is -0.491 e. The van der Waals surface area contributed by atoms with E-state index in [0.29, 0.717) is 84.8 Å². The van der Waals surface area contributed by atoms with Crippen LogP contribution in [0.4, 0.5) is 0 Å². The summed E-state index contributed by atoms with van der Waals surface area (Å²) in [4.78, 5) is 47.4. The summed E-state index contributed by atoms with van der Waals surface area (Å²) in [6, 6.07) is 16.7. The van der Waals surface area contributed by atoms with Gasteiger partial charge in [0.1, 0.15) is 25.0 Å². The van der Waals surface area contributed by atoms with Crippen LogP contribution in [0.3, 0.4) is 0 Å². The highest BCUT2D eigenvalue weighted by molar-refractivity contribution is 9.10. The number of fused-ring (bicyclic) bond motifs is 2. The maximum atomic E-state index is 15.0. The summed E-state index contributed by atoms with van der Waals surface area (Å²) < 4.78 is 35.1. The van der Waals surface area contributed by atoms with Gasteiger partial charge in [0.25, 0.3) is 0 Å². The molecule has 0 aliphatic heterocycles. The highest BCUT2D eigenvalue weighted by Crippen LogP contribution is 2.37. The first-order valence-corrected chi connectivity index (χ1v) is 24.5. The van der Waals surface area contributed by atoms with Crippen LogP contribution in [0, 0.1) is 17.8 Å². The number of ketones is 1. The average Bonchev–Trinajstić information content (AvgIpc) is 3.32. The minimum atomic E-state index is -0.665. The third kappa shape index (κ3) is 15.7. The minimum absolute atomic E-state index is 0.0226. The van der Waals surface area contributed by atoms with Crippen molar-refractivity contribution in [2.45, 2.75) is 95.2 Å². The van der Waals surface area contributed by atoms with Crippen LogP contribution in [-0.4, -0.2) is 108 Å². The highest BCUT2D eigenvalue weighted by Gasteiger charge is 2.42. The van der Waals surface area contributed by atoms with Crippen LogP contribution in [-0.2, 0) is 52.6 Å². The molecule has 0 radical (unpaired) electrons. The Balaban J connectivity index is 0.984. The number of nitrogens with zero attached hydrogens (tertiary/aromatic N) is 1. The maximum absolute atomic E-state index is 15.0. The van der Waals surface area contributed by atoms with Crippen molar-refractivity contribution in [1.82, 2.24) is 20.9 Å². The Morgan fingerprint density at radius 1 is 0.738 bits per heavy atom. The Morgan fingerprint density at radius 3 is 2.08 bits per heavy atom. The zero-order chi connectivity index (χ0) is 45.6. The van der Waals surface area contributed by atoms with E-state index < -0.39 is 23.9 Å². The lowest BCUT2D eigenvalue weighted by atomic mass is 9.71. The lowest BCUT2D eigenvalue weighted by molar-refractivity contribution is -0.138. The van der Waals surface area contributed by atoms with Gasteiger partial charge < -0.3 is 44.4 Å². The first kappa shape index (κ1) is 50.2. The fourth-order valence-electron chi connectivity index (χ4n) is 9.37. The van der Waals surface area contributed by atoms with Crippen molar-refractivity contribution in [3.63, 3.8) is 0 Å². The second kappa shape index (κ2) is 27.5. The smallest absolute Gasteiger partial charge is 0.241 e. The summed E-state index contributed by atoms with van der Waals surface area (Å²) in [5.74, 6) is -0.198. The van der Waals surface area contributed by atoms with Gasteiger partial charge in [0, 0.05) is 22.7 Å². The molecule has 1 saturated carbocycles. The summed E-state index contributed by atoms with van der Waals surface area (Å²) >= 11 is 3.35. The average molecular weight is 962 g/mol. The standard InChI is InChI=1S/C51H69BrN4O9/c1-3-45(53-2)51(59)56-48(37-12-5-4-6-13-37)49(57)43-17-9-15-38-33-41(21-19-39(38)34-44(43)50(58)55-46-18-10-14-36-11-7-8-16-42(36)46)64-31-29-62-27-25-60-23-24-61-26-28-63-30-32-65-47-22-20-40(52)35-54-47/h3,7-8,11,16,19-22,33,35,37,43-46,48,53H,1,4-6,9-10,12-15,17-18,23-32,34H2,2H3,(H,55,58)(H,56,59)/t43?,44-,45-,46-,48-/m0/s1. The summed E-state index contributed by atoms with van der Waals surface area (Å²) in [6.07, 6.45) is 13.5. The number of nitrogens with one attached hydrogen (secondary N) is 3. The van der Waals surface area contributed by atoms with Crippen LogP contribution < -0.4 is 25.4 Å². The number of halogens is 1. The van der Waals surface area contributed by atoms with E-state index >= 15 is 4.79 Å². The molecule has 65 heavy (non-hydrogen) atoms. The largest absolute Gasteiger partial charge is 0.491 e. The Morgan fingerprint density at radius 2 is 1.40 bits per heavy atom. The zero-order valence-corrected chi connectivity index (χ0v) is 39.7. The number of pyridine rings is 1. The first-order valence-electron chi connectivity index (χ1n) is 23.7. The molecule has 5 atom stereocenters. The van der Waals surface area contributed by atoms with Crippen molar-refractivity contribution in [2.24, 2.45) is 17.8 Å². The molecule has 0 spiro atoms. The van der Waals surface area contributed by atoms with E-state index in [1.54, 1.807) is 25.4 Å². The molecule has 354 valence electrons. The van der Waals surface area contributed by atoms with Crippen LogP contribution in [0.25, 0.3) is 0 Å². The van der Waals surface area contributed by atoms with Gasteiger partial charge in [-0.15, -0.1) is 6.58 Å². The van der Waals surface area contributed by atoms with Crippen molar-refractivity contribution >= 4 is 33.5 Å². The van der Waals surface area contributed by atoms with Crippen LogP contribution in [0.5, 0.6) is 11.6 Å². The van der Waals surface area contributed by atoms with Gasteiger partial charge >= 0.3 is 0 Å². The van der Waals surface area contributed by atoms with E-state index in [2.05, 4.69) is 73.8 Å². The molecule has 6 rings (SSSR count). The van der Waals surface area contributed by atoms with Crippen LogP contribution in [0.1, 0.15) is 86.1 Å². The van der Waals surface area contributed by atoms with E-state index in [9.17, 15) is 9.59 Å². The SMILES string of the molecule is C=C[C@H](NC)C(=O)N[C@H](C(=O)C1CCCc2cc(OCCOCCOCCOCCOCCOc3ccc(Br)cn3)ccc2C[C@@H]1C(=O)N[C@H]1CCCc2ccccc21)C1CCCCC1. The summed E-state index contributed by atoms with van der Waals surface area (Å²) in [5.41, 5.74) is 4.59. The molecule has 2 amide bonds. The molecule has 1 unspecified atom stereocenters. The molecule has 1 fully saturated rings.